The van der Waals surface area contributed by atoms with E-state index < -0.39 is 6.36 Å². The number of hydrogen-bond acceptors (Lipinski definition) is 3. The van der Waals surface area contributed by atoms with Crippen LogP contribution in [0.4, 0.5) is 13.2 Å². The second kappa shape index (κ2) is 10.8. The van der Waals surface area contributed by atoms with Crippen LogP contribution in [-0.2, 0) is 4.79 Å². The molecule has 162 valence electrons. The van der Waals surface area contributed by atoms with Crippen LogP contribution in [0.2, 0.25) is 0 Å². The lowest BCUT2D eigenvalue weighted by Gasteiger charge is -2.25. The van der Waals surface area contributed by atoms with Crippen molar-refractivity contribution in [2.75, 3.05) is 6.54 Å². The Labute approximate surface area is 174 Å². The van der Waals surface area contributed by atoms with Gasteiger partial charge in [0.25, 0.3) is 5.91 Å². The fourth-order valence-electron chi connectivity index (χ4n) is 3.45. The summed E-state index contributed by atoms with van der Waals surface area (Å²) in [6.07, 6.45) is -1.85. The highest BCUT2D eigenvalue weighted by molar-refractivity contribution is 5.94. The van der Waals surface area contributed by atoms with Gasteiger partial charge >= 0.3 is 6.36 Å². The molecule has 30 heavy (non-hydrogen) atoms. The van der Waals surface area contributed by atoms with Gasteiger partial charge in [-0.15, -0.1) is 13.2 Å². The van der Waals surface area contributed by atoms with Crippen molar-refractivity contribution in [3.05, 3.63) is 65.2 Å². The molecule has 1 N–H and O–H groups in total. The van der Waals surface area contributed by atoms with Crippen LogP contribution in [0.1, 0.15) is 66.4 Å². The largest absolute Gasteiger partial charge is 0.573 e. The van der Waals surface area contributed by atoms with E-state index >= 15 is 0 Å². The smallest absolute Gasteiger partial charge is 0.406 e. The van der Waals surface area contributed by atoms with Gasteiger partial charge in [-0.05, 0) is 53.6 Å². The summed E-state index contributed by atoms with van der Waals surface area (Å²) in [5.41, 5.74) is 2.49. The standard InChI is InChI=1S/C23H26F3NO3/c1-3-5-21(16(2)17-10-12-20(13-11-17)30-23(24,25)26)18-6-8-19(9-7-18)22(29)27-14-4-15-28/h6-13,15-16,21H,3-5,14H2,1-2H3,(H,27,29)/t16-,21-/m1/s1. The van der Waals surface area contributed by atoms with E-state index in [9.17, 15) is 22.8 Å². The van der Waals surface area contributed by atoms with E-state index in [-0.39, 0.29) is 29.9 Å². The lowest BCUT2D eigenvalue weighted by atomic mass is 9.80. The number of benzene rings is 2. The second-order valence-electron chi connectivity index (χ2n) is 7.13. The molecular weight excluding hydrogens is 395 g/mol. The number of hydrogen-bond donors (Lipinski definition) is 1. The summed E-state index contributed by atoms with van der Waals surface area (Å²) >= 11 is 0. The van der Waals surface area contributed by atoms with Crippen molar-refractivity contribution in [1.82, 2.24) is 5.32 Å². The molecular formula is C23H26F3NO3. The molecule has 0 aliphatic heterocycles. The van der Waals surface area contributed by atoms with E-state index in [1.54, 1.807) is 24.3 Å². The molecule has 0 aromatic heterocycles. The molecule has 0 heterocycles. The quantitative estimate of drug-likeness (QED) is 0.402. The zero-order valence-corrected chi connectivity index (χ0v) is 17.0. The Morgan fingerprint density at radius 1 is 1.07 bits per heavy atom. The van der Waals surface area contributed by atoms with Gasteiger partial charge in [0.05, 0.1) is 0 Å². The monoisotopic (exact) mass is 421 g/mol. The SMILES string of the molecule is CCC[C@@H](c1ccc(C(=O)NCCC=O)cc1)[C@H](C)c1ccc(OC(F)(F)F)cc1. The molecule has 4 nitrogen and oxygen atoms in total. The number of carbonyl (C=O) groups is 2. The van der Waals surface area contributed by atoms with E-state index in [4.69, 9.17) is 0 Å². The van der Waals surface area contributed by atoms with Gasteiger partial charge in [0.15, 0.2) is 0 Å². The van der Waals surface area contributed by atoms with Crippen molar-refractivity contribution in [1.29, 1.82) is 0 Å². The Morgan fingerprint density at radius 3 is 2.20 bits per heavy atom. The first kappa shape index (κ1) is 23.4. The van der Waals surface area contributed by atoms with Crippen molar-refractivity contribution in [2.45, 2.75) is 51.3 Å². The molecule has 1 amide bonds. The Balaban J connectivity index is 2.14. The molecule has 2 rings (SSSR count). The molecule has 0 aliphatic rings. The molecule has 0 saturated carbocycles. The normalized spacial score (nSPS) is 13.4. The number of amides is 1. The number of aldehydes is 1. The molecule has 2 atom stereocenters. The Kier molecular flexibility index (Phi) is 8.45. The summed E-state index contributed by atoms with van der Waals surface area (Å²) in [6.45, 7) is 4.42. The highest BCUT2D eigenvalue weighted by Gasteiger charge is 2.31. The average Bonchev–Trinajstić information content (AvgIpc) is 2.71. The van der Waals surface area contributed by atoms with Gasteiger partial charge in [0.1, 0.15) is 12.0 Å². The van der Waals surface area contributed by atoms with Gasteiger partial charge < -0.3 is 14.8 Å². The number of carbonyl (C=O) groups excluding carboxylic acids is 2. The zero-order chi connectivity index (χ0) is 22.1. The molecule has 7 heteroatoms. The first-order chi connectivity index (χ1) is 14.2. The Morgan fingerprint density at radius 2 is 1.67 bits per heavy atom. The summed E-state index contributed by atoms with van der Waals surface area (Å²) in [5, 5.41) is 2.68. The van der Waals surface area contributed by atoms with Gasteiger partial charge in [-0.1, -0.05) is 44.5 Å². The summed E-state index contributed by atoms with van der Waals surface area (Å²) < 4.78 is 41.0. The van der Waals surface area contributed by atoms with Crippen LogP contribution in [0.5, 0.6) is 5.75 Å². The second-order valence-corrected chi connectivity index (χ2v) is 7.13. The number of alkyl halides is 3. The third-order valence-corrected chi connectivity index (χ3v) is 4.99. The summed E-state index contributed by atoms with van der Waals surface area (Å²) in [6, 6.07) is 13.3. The topological polar surface area (TPSA) is 55.4 Å². The van der Waals surface area contributed by atoms with Crippen molar-refractivity contribution in [2.24, 2.45) is 0 Å². The lowest BCUT2D eigenvalue weighted by molar-refractivity contribution is -0.274. The van der Waals surface area contributed by atoms with Gasteiger partial charge in [-0.25, -0.2) is 0 Å². The first-order valence-electron chi connectivity index (χ1n) is 9.92. The molecule has 0 bridgehead atoms. The number of nitrogens with one attached hydrogen (secondary N) is 1. The van der Waals surface area contributed by atoms with Crippen LogP contribution in [-0.4, -0.2) is 25.1 Å². The van der Waals surface area contributed by atoms with E-state index in [0.29, 0.717) is 12.1 Å². The molecule has 2 aromatic rings. The van der Waals surface area contributed by atoms with E-state index in [1.807, 2.05) is 19.1 Å². The number of halogens is 3. The van der Waals surface area contributed by atoms with Crippen LogP contribution in [0.25, 0.3) is 0 Å². The Bertz CT molecular complexity index is 817. The summed E-state index contributed by atoms with van der Waals surface area (Å²) in [5.74, 6) is -0.257. The number of rotatable bonds is 10. The maximum absolute atomic E-state index is 12.4. The fraction of sp³-hybridized carbons (Fsp3) is 0.391. The highest BCUT2D eigenvalue weighted by atomic mass is 19.4. The number of ether oxygens (including phenoxy) is 1. The highest BCUT2D eigenvalue weighted by Crippen LogP contribution is 2.37. The fourth-order valence-corrected chi connectivity index (χ4v) is 3.45. The predicted octanol–water partition coefficient (Wildman–Crippen LogP) is 5.59. The van der Waals surface area contributed by atoms with Crippen LogP contribution in [0.15, 0.2) is 48.5 Å². The zero-order valence-electron chi connectivity index (χ0n) is 17.0. The van der Waals surface area contributed by atoms with Gasteiger partial charge in [0, 0.05) is 18.5 Å². The van der Waals surface area contributed by atoms with Crippen LogP contribution in [0.3, 0.4) is 0 Å². The average molecular weight is 421 g/mol. The van der Waals surface area contributed by atoms with E-state index in [1.165, 1.54) is 12.1 Å². The van der Waals surface area contributed by atoms with Crippen LogP contribution < -0.4 is 10.1 Å². The minimum Gasteiger partial charge on any atom is -0.406 e. The molecule has 2 aromatic carbocycles. The molecule has 0 spiro atoms. The third-order valence-electron chi connectivity index (χ3n) is 4.99. The predicted molar refractivity (Wildman–Crippen MR) is 109 cm³/mol. The summed E-state index contributed by atoms with van der Waals surface area (Å²) in [4.78, 5) is 22.5. The molecule has 0 aliphatic carbocycles. The van der Waals surface area contributed by atoms with E-state index in [0.717, 1.165) is 30.3 Å². The lowest BCUT2D eigenvalue weighted by Crippen LogP contribution is -2.24. The minimum atomic E-state index is -4.71. The van der Waals surface area contributed by atoms with Crippen LogP contribution in [0, 0.1) is 0 Å². The maximum atomic E-state index is 12.4. The summed E-state index contributed by atoms with van der Waals surface area (Å²) in [7, 11) is 0. The maximum Gasteiger partial charge on any atom is 0.573 e. The van der Waals surface area contributed by atoms with Crippen molar-refractivity contribution in [3.63, 3.8) is 0 Å². The van der Waals surface area contributed by atoms with Crippen molar-refractivity contribution >= 4 is 12.2 Å². The molecule has 0 fully saturated rings. The Hall–Kier alpha value is -2.83. The molecule has 0 radical (unpaired) electrons. The van der Waals surface area contributed by atoms with Crippen LogP contribution >= 0.6 is 0 Å². The van der Waals surface area contributed by atoms with Gasteiger partial charge in [0.2, 0.25) is 0 Å². The van der Waals surface area contributed by atoms with Crippen molar-refractivity contribution < 1.29 is 27.5 Å². The minimum absolute atomic E-state index is 0.0668. The van der Waals surface area contributed by atoms with Gasteiger partial charge in [-0.2, -0.15) is 0 Å². The van der Waals surface area contributed by atoms with Gasteiger partial charge in [-0.3, -0.25) is 4.79 Å². The first-order valence-corrected chi connectivity index (χ1v) is 9.92. The van der Waals surface area contributed by atoms with Crippen molar-refractivity contribution in [3.8, 4) is 5.75 Å². The third kappa shape index (κ3) is 6.90. The molecule has 0 unspecified atom stereocenters. The van der Waals surface area contributed by atoms with E-state index in [2.05, 4.69) is 17.0 Å². The molecule has 0 saturated heterocycles.